The van der Waals surface area contributed by atoms with Gasteiger partial charge in [0.2, 0.25) is 11.1 Å². The van der Waals surface area contributed by atoms with Crippen LogP contribution in [0.2, 0.25) is 10.0 Å². The molecule has 292 valence electrons. The van der Waals surface area contributed by atoms with Gasteiger partial charge in [-0.2, -0.15) is 6.42 Å². The number of cyclic esters (lactones) is 2. The van der Waals surface area contributed by atoms with Crippen molar-refractivity contribution in [2.45, 2.75) is 98.1 Å². The van der Waals surface area contributed by atoms with Crippen LogP contribution in [-0.2, 0) is 36.6 Å². The molecular formula is C38H52Cl3F2LiN2O7. The second-order valence-electron chi connectivity index (χ2n) is 12.8. The molecule has 1 N–H and O–H groups in total. The van der Waals surface area contributed by atoms with Gasteiger partial charge in [0.05, 0.1) is 22.1 Å². The van der Waals surface area contributed by atoms with E-state index >= 15 is 0 Å². The molecule has 5 rings (SSSR count). The summed E-state index contributed by atoms with van der Waals surface area (Å²) in [6, 6.07) is 8.86. The molecule has 0 aliphatic carbocycles. The van der Waals surface area contributed by atoms with Gasteiger partial charge < -0.3 is 26.5 Å². The molecule has 2 atom stereocenters. The van der Waals surface area contributed by atoms with Crippen LogP contribution in [-0.4, -0.2) is 66.7 Å². The molecule has 3 amide bonds. The molecule has 15 heteroatoms. The van der Waals surface area contributed by atoms with Crippen molar-refractivity contribution in [3.63, 3.8) is 0 Å². The first-order valence-electron chi connectivity index (χ1n) is 17.5. The van der Waals surface area contributed by atoms with Crippen molar-refractivity contribution in [2.24, 2.45) is 11.8 Å². The zero-order valence-electron chi connectivity index (χ0n) is 31.7. The Bertz CT molecular complexity index is 1410. The van der Waals surface area contributed by atoms with Gasteiger partial charge in [-0.25, -0.2) is 23.3 Å². The number of halogens is 5. The Morgan fingerprint density at radius 3 is 1.74 bits per heavy atom. The van der Waals surface area contributed by atoms with E-state index in [-0.39, 0.29) is 78.4 Å². The van der Waals surface area contributed by atoms with E-state index in [9.17, 15) is 28.0 Å². The number of unbranched alkanes of at least 4 members (excludes halogenated alkanes) is 1. The van der Waals surface area contributed by atoms with Crippen molar-refractivity contribution in [1.82, 2.24) is 10.2 Å². The minimum Gasteiger partial charge on any atom is -0.447 e. The third-order valence-electron chi connectivity index (χ3n) is 7.83. The summed E-state index contributed by atoms with van der Waals surface area (Å²) in [6.45, 7) is 16.5. The van der Waals surface area contributed by atoms with Crippen LogP contribution >= 0.6 is 34.8 Å². The summed E-state index contributed by atoms with van der Waals surface area (Å²) in [5.41, 5.74) is 1.38. The fourth-order valence-corrected chi connectivity index (χ4v) is 4.82. The summed E-state index contributed by atoms with van der Waals surface area (Å²) in [7, 11) is 0. The van der Waals surface area contributed by atoms with Crippen molar-refractivity contribution in [1.29, 1.82) is 0 Å². The zero-order valence-corrected chi connectivity index (χ0v) is 33.9. The molecule has 53 heavy (non-hydrogen) atoms. The Kier molecular flexibility index (Phi) is 26.8. The number of carbonyl (C=O) groups is 4. The smallest absolute Gasteiger partial charge is 0.447 e. The van der Waals surface area contributed by atoms with E-state index in [1.54, 1.807) is 12.1 Å². The van der Waals surface area contributed by atoms with E-state index in [1.165, 1.54) is 48.4 Å². The minimum absolute atomic E-state index is 0. The van der Waals surface area contributed by atoms with Gasteiger partial charge in [0, 0.05) is 26.1 Å². The largest absolute Gasteiger partial charge is 1.00 e. The first-order chi connectivity index (χ1) is 24.6. The number of amides is 3. The quantitative estimate of drug-likeness (QED) is 0.170. The number of rotatable bonds is 9. The van der Waals surface area contributed by atoms with E-state index in [0.29, 0.717) is 30.9 Å². The van der Waals surface area contributed by atoms with Crippen LogP contribution in [0.15, 0.2) is 36.4 Å². The van der Waals surface area contributed by atoms with Crippen LogP contribution in [0.5, 0.6) is 0 Å². The molecule has 2 aromatic rings. The van der Waals surface area contributed by atoms with Gasteiger partial charge in [0.25, 0.3) is 0 Å². The average Bonchev–Trinajstić information content (AvgIpc) is 3.90. The Labute approximate surface area is 340 Å². The Hall–Kier alpha value is -2.39. The summed E-state index contributed by atoms with van der Waals surface area (Å²) >= 11 is 16.2. The number of ether oxygens (including phenoxy) is 3. The number of benzene rings is 2. The monoisotopic (exact) mass is 798 g/mol. The van der Waals surface area contributed by atoms with Gasteiger partial charge in [-0.05, 0) is 84.5 Å². The van der Waals surface area contributed by atoms with E-state index in [1.807, 2.05) is 13.8 Å². The number of hydrogen-bond acceptors (Lipinski definition) is 7. The molecule has 2 aromatic carbocycles. The minimum atomic E-state index is -0.596. The molecule has 3 saturated heterocycles. The zero-order chi connectivity index (χ0) is 39.2. The van der Waals surface area contributed by atoms with Crippen LogP contribution in [0.1, 0.15) is 84.3 Å². The average molecular weight is 800 g/mol. The number of carbonyl (C=O) groups excluding carboxylic acids is 4. The SMILES string of the molecule is C1CCOC1.CC(C)[C@@H]1COC(=O)N1.CC(C)[C@@H]1COC(=O)N1C(=O)CCc1ccc(Cl)c(F)c1.O=C(Cl)CCc1ccc(Cl)c(F)c1.[CH2-]CCC.[Li+]. The Morgan fingerprint density at radius 2 is 1.40 bits per heavy atom. The number of aryl methyl sites for hydroxylation is 2. The predicted octanol–water partition coefficient (Wildman–Crippen LogP) is 6.76. The number of nitrogens with zero attached hydrogens (tertiary/aromatic N) is 1. The molecular weight excluding hydrogens is 748 g/mol. The second kappa shape index (κ2) is 28.1. The summed E-state index contributed by atoms with van der Waals surface area (Å²) in [5.74, 6) is -0.681. The standard InChI is InChI=1S/C15H17ClFNO3.C9H7Cl2FO.C6H11NO2.C4H8O.C4H9.Li/c1-9(2)13-8-21-15(20)18(13)14(19)6-4-10-3-5-11(16)12(17)7-10;10-7-3-1-6(5-8(7)12)2-4-9(11)13;1-4(2)5-3-9-6(8)7-5;1-2-4-5-3-1;1-3-4-2;/h3,5,7,9,13H,4,6,8H2,1-2H3;1,3,5H,2,4H2;4-5H,3H2,1-2H3,(H,7,8);1-4H2;1,3-4H2,2H3;/q;;;;-1;+1/t13-;;5-;;;/m0.0.../s1. The van der Waals surface area contributed by atoms with Crippen LogP contribution in [0.25, 0.3) is 0 Å². The first kappa shape index (κ1) is 50.6. The number of nitrogens with one attached hydrogen (secondary N) is 1. The maximum Gasteiger partial charge on any atom is 1.00 e. The first-order valence-corrected chi connectivity index (χ1v) is 18.6. The summed E-state index contributed by atoms with van der Waals surface area (Å²) in [6.07, 6.45) is 5.08. The number of hydrogen-bond donors (Lipinski definition) is 1. The summed E-state index contributed by atoms with van der Waals surface area (Å²) < 4.78 is 40.7. The fraction of sp³-hybridized carbons (Fsp3) is 0.553. The molecule has 0 aromatic heterocycles. The Morgan fingerprint density at radius 1 is 0.887 bits per heavy atom. The van der Waals surface area contributed by atoms with Crippen LogP contribution in [0.4, 0.5) is 18.4 Å². The van der Waals surface area contributed by atoms with Crippen molar-refractivity contribution in [2.75, 3.05) is 26.4 Å². The van der Waals surface area contributed by atoms with Gasteiger partial charge in [-0.3, -0.25) is 9.59 Å². The molecule has 3 heterocycles. The van der Waals surface area contributed by atoms with Crippen molar-refractivity contribution < 1.29 is 61.0 Å². The van der Waals surface area contributed by atoms with Gasteiger partial charge in [-0.15, -0.1) is 0 Å². The number of alkyl carbamates (subject to hydrolysis) is 1. The van der Waals surface area contributed by atoms with Crippen molar-refractivity contribution in [3.05, 3.63) is 76.1 Å². The maximum atomic E-state index is 13.3. The molecule has 3 aliphatic heterocycles. The third kappa shape index (κ3) is 20.8. The molecule has 3 fully saturated rings. The van der Waals surface area contributed by atoms with Gasteiger partial charge in [0.1, 0.15) is 24.8 Å². The van der Waals surface area contributed by atoms with Crippen LogP contribution < -0.4 is 24.2 Å². The number of imide groups is 1. The molecule has 0 saturated carbocycles. The fourth-order valence-electron chi connectivity index (χ4n) is 4.49. The molecule has 0 radical (unpaired) electrons. The predicted molar refractivity (Wildman–Crippen MR) is 201 cm³/mol. The van der Waals surface area contributed by atoms with Crippen molar-refractivity contribution >= 4 is 58.1 Å². The summed E-state index contributed by atoms with van der Waals surface area (Å²) in [5, 5.41) is 2.40. The molecule has 9 nitrogen and oxygen atoms in total. The van der Waals surface area contributed by atoms with E-state index in [4.69, 9.17) is 44.3 Å². The maximum absolute atomic E-state index is 13.3. The molecule has 0 bridgehead atoms. The molecule has 0 spiro atoms. The van der Waals surface area contributed by atoms with Crippen LogP contribution in [0, 0.1) is 30.4 Å². The molecule has 3 aliphatic rings. The normalized spacial score (nSPS) is 17.0. The topological polar surface area (TPSA) is 111 Å². The van der Waals surface area contributed by atoms with E-state index in [2.05, 4.69) is 37.7 Å². The third-order valence-corrected chi connectivity index (χ3v) is 8.63. The van der Waals surface area contributed by atoms with Gasteiger partial charge in [0.15, 0.2) is 0 Å². The second-order valence-corrected chi connectivity index (χ2v) is 14.0. The van der Waals surface area contributed by atoms with Crippen LogP contribution in [0.3, 0.4) is 0 Å². The summed E-state index contributed by atoms with van der Waals surface area (Å²) in [4.78, 5) is 45.9. The molecule has 0 unspecified atom stereocenters. The Balaban J connectivity index is 0.000000719. The van der Waals surface area contributed by atoms with E-state index in [0.717, 1.165) is 25.2 Å². The van der Waals surface area contributed by atoms with Gasteiger partial charge >= 0.3 is 31.0 Å². The van der Waals surface area contributed by atoms with Crippen molar-refractivity contribution in [3.8, 4) is 0 Å². The van der Waals surface area contributed by atoms with E-state index < -0.39 is 23.0 Å². The van der Waals surface area contributed by atoms with Gasteiger partial charge in [-0.1, -0.05) is 76.4 Å².